The highest BCUT2D eigenvalue weighted by atomic mass is 16.1. The lowest BCUT2D eigenvalue weighted by Gasteiger charge is -2.33. The molecule has 1 aliphatic rings. The Morgan fingerprint density at radius 2 is 1.89 bits per heavy atom. The largest absolute Gasteiger partial charge is 0.356 e. The standard InChI is InChI=1S/C22H34N4O/c1-6-7-10-23-21(27)18-8-11-25(12-9-18)22-24-19-13-16(4)17(5)14-20(19)26(22)15(2)3/h13-15,18H,6-12H2,1-5H3,(H,23,27). The monoisotopic (exact) mass is 370 g/mol. The Kier molecular flexibility index (Phi) is 6.08. The minimum atomic E-state index is 0.138. The molecule has 1 amide bonds. The summed E-state index contributed by atoms with van der Waals surface area (Å²) in [6.45, 7) is 13.5. The van der Waals surface area contributed by atoms with Crippen molar-refractivity contribution in [3.8, 4) is 0 Å². The fraction of sp³-hybridized carbons (Fsp3) is 0.636. The van der Waals surface area contributed by atoms with E-state index in [1.807, 2.05) is 0 Å². The summed E-state index contributed by atoms with van der Waals surface area (Å²) in [6, 6.07) is 4.80. The SMILES string of the molecule is CCCCNC(=O)C1CCN(c2nc3cc(C)c(C)cc3n2C(C)C)CC1. The summed E-state index contributed by atoms with van der Waals surface area (Å²) in [5.74, 6) is 1.42. The van der Waals surface area contributed by atoms with E-state index in [1.165, 1.54) is 16.6 Å². The number of carbonyl (C=O) groups excluding carboxylic acids is 1. The topological polar surface area (TPSA) is 50.2 Å². The molecule has 0 atom stereocenters. The maximum atomic E-state index is 12.4. The van der Waals surface area contributed by atoms with Crippen LogP contribution in [0.3, 0.4) is 0 Å². The normalized spacial score (nSPS) is 15.7. The van der Waals surface area contributed by atoms with E-state index in [-0.39, 0.29) is 11.8 Å². The first-order chi connectivity index (χ1) is 12.9. The molecule has 0 bridgehead atoms. The maximum Gasteiger partial charge on any atom is 0.223 e. The number of imidazole rings is 1. The molecule has 0 aliphatic carbocycles. The van der Waals surface area contributed by atoms with Crippen LogP contribution in [0.25, 0.3) is 11.0 Å². The van der Waals surface area contributed by atoms with Crippen molar-refractivity contribution in [3.05, 3.63) is 23.3 Å². The first-order valence-electron chi connectivity index (χ1n) is 10.4. The molecular formula is C22H34N4O. The molecule has 1 fully saturated rings. The van der Waals surface area contributed by atoms with Crippen LogP contribution in [0.1, 0.15) is 63.6 Å². The van der Waals surface area contributed by atoms with Crippen LogP contribution in [0, 0.1) is 19.8 Å². The van der Waals surface area contributed by atoms with Gasteiger partial charge in [0, 0.05) is 31.6 Å². The minimum absolute atomic E-state index is 0.138. The summed E-state index contributed by atoms with van der Waals surface area (Å²) >= 11 is 0. The molecule has 5 nitrogen and oxygen atoms in total. The van der Waals surface area contributed by atoms with Crippen LogP contribution in [0.4, 0.5) is 5.95 Å². The highest BCUT2D eigenvalue weighted by molar-refractivity contribution is 5.81. The molecule has 1 aliphatic heterocycles. The van der Waals surface area contributed by atoms with Crippen LogP contribution >= 0.6 is 0 Å². The van der Waals surface area contributed by atoms with Gasteiger partial charge in [0.25, 0.3) is 0 Å². The van der Waals surface area contributed by atoms with Gasteiger partial charge in [-0.15, -0.1) is 0 Å². The van der Waals surface area contributed by atoms with Gasteiger partial charge in [-0.2, -0.15) is 0 Å². The number of amides is 1. The number of piperidine rings is 1. The van der Waals surface area contributed by atoms with Gasteiger partial charge in [0.15, 0.2) is 0 Å². The Hall–Kier alpha value is -2.04. The number of hydrogen-bond acceptors (Lipinski definition) is 3. The predicted molar refractivity (Wildman–Crippen MR) is 112 cm³/mol. The molecule has 1 N–H and O–H groups in total. The van der Waals surface area contributed by atoms with Crippen LogP contribution < -0.4 is 10.2 Å². The molecule has 2 aromatic rings. The highest BCUT2D eigenvalue weighted by Crippen LogP contribution is 2.31. The van der Waals surface area contributed by atoms with Crippen molar-refractivity contribution in [2.24, 2.45) is 5.92 Å². The third kappa shape index (κ3) is 4.12. The fourth-order valence-electron chi connectivity index (χ4n) is 3.94. The van der Waals surface area contributed by atoms with Crippen LogP contribution in [-0.2, 0) is 4.79 Å². The predicted octanol–water partition coefficient (Wildman–Crippen LogP) is 4.37. The summed E-state index contributed by atoms with van der Waals surface area (Å²) in [7, 11) is 0. The number of carbonyl (C=O) groups is 1. The lowest BCUT2D eigenvalue weighted by Crippen LogP contribution is -2.41. The molecule has 0 saturated carbocycles. The molecule has 3 rings (SSSR count). The fourth-order valence-corrected chi connectivity index (χ4v) is 3.94. The van der Waals surface area contributed by atoms with Crippen molar-refractivity contribution in [1.29, 1.82) is 0 Å². The molecule has 0 unspecified atom stereocenters. The van der Waals surface area contributed by atoms with Crippen LogP contribution in [0.15, 0.2) is 12.1 Å². The van der Waals surface area contributed by atoms with Crippen molar-refractivity contribution in [1.82, 2.24) is 14.9 Å². The van der Waals surface area contributed by atoms with E-state index < -0.39 is 0 Å². The molecule has 148 valence electrons. The van der Waals surface area contributed by atoms with Gasteiger partial charge in [0.2, 0.25) is 11.9 Å². The Morgan fingerprint density at radius 3 is 2.52 bits per heavy atom. The van der Waals surface area contributed by atoms with Crippen molar-refractivity contribution in [2.45, 2.75) is 66.3 Å². The average Bonchev–Trinajstić information content (AvgIpc) is 3.00. The third-order valence-corrected chi connectivity index (χ3v) is 5.78. The van der Waals surface area contributed by atoms with Gasteiger partial charge in [-0.1, -0.05) is 13.3 Å². The van der Waals surface area contributed by atoms with E-state index in [1.54, 1.807) is 0 Å². The lowest BCUT2D eigenvalue weighted by atomic mass is 9.96. The quantitative estimate of drug-likeness (QED) is 0.768. The van der Waals surface area contributed by atoms with E-state index in [0.29, 0.717) is 6.04 Å². The average molecular weight is 371 g/mol. The van der Waals surface area contributed by atoms with Crippen molar-refractivity contribution in [3.63, 3.8) is 0 Å². The summed E-state index contributed by atoms with van der Waals surface area (Å²) < 4.78 is 2.35. The second kappa shape index (κ2) is 8.32. The zero-order chi connectivity index (χ0) is 19.6. The number of aryl methyl sites for hydroxylation is 2. The molecular weight excluding hydrogens is 336 g/mol. The van der Waals surface area contributed by atoms with Gasteiger partial charge in [-0.05, 0) is 70.2 Å². The maximum absolute atomic E-state index is 12.4. The van der Waals surface area contributed by atoms with Crippen molar-refractivity contribution in [2.75, 3.05) is 24.5 Å². The van der Waals surface area contributed by atoms with E-state index in [2.05, 4.69) is 61.5 Å². The lowest BCUT2D eigenvalue weighted by molar-refractivity contribution is -0.125. The summed E-state index contributed by atoms with van der Waals surface area (Å²) in [5, 5.41) is 3.09. The summed E-state index contributed by atoms with van der Waals surface area (Å²) in [6.07, 6.45) is 3.97. The van der Waals surface area contributed by atoms with Gasteiger partial charge in [0.05, 0.1) is 11.0 Å². The second-order valence-corrected chi connectivity index (χ2v) is 8.21. The number of nitrogens with one attached hydrogen (secondary N) is 1. The molecule has 1 aromatic carbocycles. The third-order valence-electron chi connectivity index (χ3n) is 5.78. The molecule has 1 aromatic heterocycles. The number of anilines is 1. The minimum Gasteiger partial charge on any atom is -0.356 e. The molecule has 27 heavy (non-hydrogen) atoms. The van der Waals surface area contributed by atoms with Crippen LogP contribution in [0.5, 0.6) is 0 Å². The number of hydrogen-bond donors (Lipinski definition) is 1. The Morgan fingerprint density at radius 1 is 1.22 bits per heavy atom. The van der Waals surface area contributed by atoms with E-state index in [4.69, 9.17) is 4.98 Å². The number of nitrogens with zero attached hydrogens (tertiary/aromatic N) is 3. The summed E-state index contributed by atoms with van der Waals surface area (Å²) in [5.41, 5.74) is 4.87. The van der Waals surface area contributed by atoms with Crippen LogP contribution in [-0.4, -0.2) is 35.1 Å². The second-order valence-electron chi connectivity index (χ2n) is 8.21. The van der Waals surface area contributed by atoms with E-state index >= 15 is 0 Å². The molecule has 2 heterocycles. The first-order valence-corrected chi connectivity index (χ1v) is 10.4. The van der Waals surface area contributed by atoms with Crippen molar-refractivity contribution >= 4 is 22.9 Å². The molecule has 0 spiro atoms. The number of rotatable bonds is 6. The number of unbranched alkanes of at least 4 members (excludes halogenated alkanes) is 1. The number of fused-ring (bicyclic) bond motifs is 1. The van der Waals surface area contributed by atoms with E-state index in [0.717, 1.165) is 56.8 Å². The van der Waals surface area contributed by atoms with Gasteiger partial charge in [-0.25, -0.2) is 4.98 Å². The Labute approximate surface area is 163 Å². The molecule has 0 radical (unpaired) electrons. The van der Waals surface area contributed by atoms with Gasteiger partial charge < -0.3 is 14.8 Å². The number of aromatic nitrogens is 2. The van der Waals surface area contributed by atoms with E-state index in [9.17, 15) is 4.79 Å². The Bertz CT molecular complexity index is 800. The zero-order valence-corrected chi connectivity index (χ0v) is 17.5. The van der Waals surface area contributed by atoms with Gasteiger partial charge >= 0.3 is 0 Å². The molecule has 5 heteroatoms. The number of benzene rings is 1. The highest BCUT2D eigenvalue weighted by Gasteiger charge is 2.28. The van der Waals surface area contributed by atoms with Gasteiger partial charge in [0.1, 0.15) is 0 Å². The van der Waals surface area contributed by atoms with Crippen molar-refractivity contribution < 1.29 is 4.79 Å². The Balaban J connectivity index is 1.77. The van der Waals surface area contributed by atoms with Crippen LogP contribution in [0.2, 0.25) is 0 Å². The first kappa shape index (κ1) is 19.7. The smallest absolute Gasteiger partial charge is 0.223 e. The van der Waals surface area contributed by atoms with Gasteiger partial charge in [-0.3, -0.25) is 4.79 Å². The molecule has 1 saturated heterocycles. The summed E-state index contributed by atoms with van der Waals surface area (Å²) in [4.78, 5) is 19.7. The zero-order valence-electron chi connectivity index (χ0n) is 17.5.